The van der Waals surface area contributed by atoms with Crippen molar-refractivity contribution in [1.82, 2.24) is 19.8 Å². The number of ether oxygens (including phenoxy) is 1. The fourth-order valence-corrected chi connectivity index (χ4v) is 5.16. The third kappa shape index (κ3) is 3.44. The lowest BCUT2D eigenvalue weighted by molar-refractivity contribution is 0.0841. The van der Waals surface area contributed by atoms with Gasteiger partial charge in [-0.2, -0.15) is 0 Å². The standard InChI is InChI=1S/C22H30N4OS/c1-14(2)26-15(3)12-18(16(26)4)21-20(19-9-5-6-10-23-19)24-22(28)25(21)13-17-8-7-11-27-17/h5-6,9-10,12,14,17,20-21H,7-8,11,13H2,1-4H3,(H,24,28)/t17-,20-,21-/m1/s1. The summed E-state index contributed by atoms with van der Waals surface area (Å²) in [4.78, 5) is 6.97. The Morgan fingerprint density at radius 3 is 2.75 bits per heavy atom. The van der Waals surface area contributed by atoms with Crippen molar-refractivity contribution < 1.29 is 4.74 Å². The fourth-order valence-electron chi connectivity index (χ4n) is 4.85. The second-order valence-corrected chi connectivity index (χ2v) is 8.59. The quantitative estimate of drug-likeness (QED) is 0.764. The molecule has 2 aromatic rings. The molecule has 2 fully saturated rings. The Balaban J connectivity index is 1.76. The summed E-state index contributed by atoms with van der Waals surface area (Å²) in [6, 6.07) is 9.00. The van der Waals surface area contributed by atoms with E-state index in [0.29, 0.717) is 6.04 Å². The lowest BCUT2D eigenvalue weighted by Gasteiger charge is -2.30. The summed E-state index contributed by atoms with van der Waals surface area (Å²) in [5.41, 5.74) is 4.95. The van der Waals surface area contributed by atoms with Gasteiger partial charge in [-0.15, -0.1) is 0 Å². The monoisotopic (exact) mass is 398 g/mol. The number of nitrogens with zero attached hydrogens (tertiary/aromatic N) is 3. The molecule has 0 amide bonds. The summed E-state index contributed by atoms with van der Waals surface area (Å²) in [6.07, 6.45) is 4.34. The Morgan fingerprint density at radius 1 is 1.32 bits per heavy atom. The van der Waals surface area contributed by atoms with Crippen molar-refractivity contribution in [2.75, 3.05) is 13.2 Å². The molecule has 2 aliphatic heterocycles. The molecule has 4 heterocycles. The normalized spacial score (nSPS) is 25.0. The van der Waals surface area contributed by atoms with Crippen molar-refractivity contribution >= 4 is 17.3 Å². The smallest absolute Gasteiger partial charge is 0.170 e. The molecule has 2 aliphatic rings. The highest BCUT2D eigenvalue weighted by Crippen LogP contribution is 2.41. The molecule has 0 radical (unpaired) electrons. The number of pyridine rings is 1. The summed E-state index contributed by atoms with van der Waals surface area (Å²) in [5.74, 6) is 0. The molecule has 1 N–H and O–H groups in total. The van der Waals surface area contributed by atoms with E-state index in [4.69, 9.17) is 17.0 Å². The first-order chi connectivity index (χ1) is 13.5. The minimum absolute atomic E-state index is 0.0382. The Hall–Kier alpha value is -1.92. The zero-order valence-corrected chi connectivity index (χ0v) is 18.0. The number of thiocarbonyl (C=S) groups is 1. The van der Waals surface area contributed by atoms with Crippen LogP contribution in [0.2, 0.25) is 0 Å². The van der Waals surface area contributed by atoms with Gasteiger partial charge >= 0.3 is 0 Å². The highest BCUT2D eigenvalue weighted by atomic mass is 32.1. The van der Waals surface area contributed by atoms with Crippen LogP contribution in [0.3, 0.4) is 0 Å². The van der Waals surface area contributed by atoms with E-state index in [0.717, 1.165) is 36.8 Å². The molecule has 0 aromatic carbocycles. The van der Waals surface area contributed by atoms with Gasteiger partial charge in [0.15, 0.2) is 5.11 Å². The van der Waals surface area contributed by atoms with E-state index in [2.05, 4.69) is 59.6 Å². The molecule has 0 aliphatic carbocycles. The molecule has 0 unspecified atom stereocenters. The molecule has 4 rings (SSSR count). The number of hydrogen-bond acceptors (Lipinski definition) is 3. The third-order valence-corrected chi connectivity index (χ3v) is 6.33. The Bertz CT molecular complexity index is 842. The van der Waals surface area contributed by atoms with Crippen molar-refractivity contribution in [2.45, 2.75) is 64.8 Å². The lowest BCUT2D eigenvalue weighted by atomic mass is 9.96. The first kappa shape index (κ1) is 19.4. The number of nitrogens with one attached hydrogen (secondary N) is 1. The van der Waals surface area contributed by atoms with Gasteiger partial charge in [0.1, 0.15) is 0 Å². The highest BCUT2D eigenvalue weighted by Gasteiger charge is 2.42. The molecule has 0 saturated carbocycles. The van der Waals surface area contributed by atoms with Gasteiger partial charge in [0.25, 0.3) is 0 Å². The molecule has 0 spiro atoms. The van der Waals surface area contributed by atoms with Crippen LogP contribution in [-0.4, -0.2) is 38.8 Å². The predicted molar refractivity (Wildman–Crippen MR) is 115 cm³/mol. The number of aromatic nitrogens is 2. The van der Waals surface area contributed by atoms with Gasteiger partial charge in [-0.25, -0.2) is 0 Å². The van der Waals surface area contributed by atoms with Crippen molar-refractivity contribution in [3.05, 3.63) is 53.1 Å². The van der Waals surface area contributed by atoms with Gasteiger partial charge in [0.05, 0.1) is 23.9 Å². The molecular formula is C22H30N4OS. The molecule has 150 valence electrons. The largest absolute Gasteiger partial charge is 0.376 e. The molecule has 6 heteroatoms. The number of aryl methyl sites for hydroxylation is 1. The van der Waals surface area contributed by atoms with Crippen LogP contribution in [0.5, 0.6) is 0 Å². The summed E-state index contributed by atoms with van der Waals surface area (Å²) in [6.45, 7) is 10.6. The van der Waals surface area contributed by atoms with Gasteiger partial charge in [0, 0.05) is 36.8 Å². The van der Waals surface area contributed by atoms with E-state index in [1.165, 1.54) is 17.0 Å². The second-order valence-electron chi connectivity index (χ2n) is 8.20. The maximum absolute atomic E-state index is 5.94. The average molecular weight is 399 g/mol. The lowest BCUT2D eigenvalue weighted by Crippen LogP contribution is -2.36. The zero-order chi connectivity index (χ0) is 19.8. The molecule has 2 aromatic heterocycles. The topological polar surface area (TPSA) is 42.3 Å². The first-order valence-electron chi connectivity index (χ1n) is 10.3. The summed E-state index contributed by atoms with van der Waals surface area (Å²) >= 11 is 5.79. The van der Waals surface area contributed by atoms with Gasteiger partial charge in [-0.05, 0) is 76.5 Å². The van der Waals surface area contributed by atoms with Crippen molar-refractivity contribution in [2.24, 2.45) is 0 Å². The van der Waals surface area contributed by atoms with E-state index < -0.39 is 0 Å². The van der Waals surface area contributed by atoms with E-state index in [9.17, 15) is 0 Å². The first-order valence-corrected chi connectivity index (χ1v) is 10.7. The molecular weight excluding hydrogens is 368 g/mol. The van der Waals surface area contributed by atoms with Crippen molar-refractivity contribution in [3.63, 3.8) is 0 Å². The highest BCUT2D eigenvalue weighted by molar-refractivity contribution is 7.80. The van der Waals surface area contributed by atoms with Gasteiger partial charge in [-0.3, -0.25) is 4.98 Å². The third-order valence-electron chi connectivity index (χ3n) is 5.98. The predicted octanol–water partition coefficient (Wildman–Crippen LogP) is 4.23. The van der Waals surface area contributed by atoms with Gasteiger partial charge in [0.2, 0.25) is 0 Å². The van der Waals surface area contributed by atoms with Crippen molar-refractivity contribution in [3.8, 4) is 0 Å². The van der Waals surface area contributed by atoms with Gasteiger partial charge in [-0.1, -0.05) is 6.07 Å². The van der Waals surface area contributed by atoms with Crippen LogP contribution in [0.15, 0.2) is 30.5 Å². The van der Waals surface area contributed by atoms with Crippen LogP contribution in [-0.2, 0) is 4.74 Å². The van der Waals surface area contributed by atoms with E-state index in [1.807, 2.05) is 18.3 Å². The molecule has 28 heavy (non-hydrogen) atoms. The average Bonchev–Trinajstić information content (AvgIpc) is 3.36. The summed E-state index contributed by atoms with van der Waals surface area (Å²) < 4.78 is 8.35. The maximum Gasteiger partial charge on any atom is 0.170 e. The fraction of sp³-hybridized carbons (Fsp3) is 0.545. The second kappa shape index (κ2) is 7.84. The minimum Gasteiger partial charge on any atom is -0.376 e. The molecule has 5 nitrogen and oxygen atoms in total. The SMILES string of the molecule is Cc1cc([C@@H]2[C@@H](c3ccccn3)NC(=S)N2C[C@H]2CCCO2)c(C)n1C(C)C. The van der Waals surface area contributed by atoms with E-state index >= 15 is 0 Å². The van der Waals surface area contributed by atoms with Crippen LogP contribution in [0.1, 0.15) is 67.5 Å². The van der Waals surface area contributed by atoms with Crippen LogP contribution in [0, 0.1) is 13.8 Å². The molecule has 0 bridgehead atoms. The van der Waals surface area contributed by atoms with Crippen LogP contribution in [0.25, 0.3) is 0 Å². The maximum atomic E-state index is 5.94. The Morgan fingerprint density at radius 2 is 2.14 bits per heavy atom. The number of rotatable bonds is 5. The van der Waals surface area contributed by atoms with Crippen LogP contribution in [0.4, 0.5) is 0 Å². The zero-order valence-electron chi connectivity index (χ0n) is 17.2. The summed E-state index contributed by atoms with van der Waals surface area (Å²) in [7, 11) is 0. The Kier molecular flexibility index (Phi) is 5.43. The molecule has 3 atom stereocenters. The summed E-state index contributed by atoms with van der Waals surface area (Å²) in [5, 5.41) is 4.35. The Labute approximate surface area is 173 Å². The van der Waals surface area contributed by atoms with Crippen LogP contribution < -0.4 is 5.32 Å². The molecule has 2 saturated heterocycles. The number of hydrogen-bond donors (Lipinski definition) is 1. The van der Waals surface area contributed by atoms with Crippen LogP contribution >= 0.6 is 12.2 Å². The van der Waals surface area contributed by atoms with Gasteiger partial charge < -0.3 is 19.5 Å². The minimum atomic E-state index is 0.0382. The van der Waals surface area contributed by atoms with Crippen molar-refractivity contribution in [1.29, 1.82) is 0 Å². The van der Waals surface area contributed by atoms with E-state index in [1.54, 1.807) is 0 Å². The van der Waals surface area contributed by atoms with E-state index in [-0.39, 0.29) is 18.2 Å².